The first-order chi connectivity index (χ1) is 10.9. The molecule has 1 atom stereocenters. The predicted molar refractivity (Wildman–Crippen MR) is 94.4 cm³/mol. The van der Waals surface area contributed by atoms with E-state index in [2.05, 4.69) is 15.6 Å². The van der Waals surface area contributed by atoms with E-state index in [4.69, 9.17) is 0 Å². The minimum absolute atomic E-state index is 0.0332. The van der Waals surface area contributed by atoms with Gasteiger partial charge in [0.2, 0.25) is 5.91 Å². The molecule has 1 aliphatic rings. The SMILES string of the molecule is CN(C)C(CNC(=O)CCS(=O)(=O)C1CCCC1)c1ccsc1. The Morgan fingerprint density at radius 2 is 2.09 bits per heavy atom. The van der Waals surface area contributed by atoms with Gasteiger partial charge in [-0.2, -0.15) is 11.3 Å². The van der Waals surface area contributed by atoms with Crippen LogP contribution < -0.4 is 5.32 Å². The largest absolute Gasteiger partial charge is 0.354 e. The molecule has 1 heterocycles. The van der Waals surface area contributed by atoms with Crippen LogP contribution in [0.25, 0.3) is 0 Å². The number of likely N-dealkylation sites (N-methyl/N-ethyl adjacent to an activating group) is 1. The normalized spacial score (nSPS) is 17.5. The zero-order chi connectivity index (χ0) is 16.9. The Morgan fingerprint density at radius 1 is 1.39 bits per heavy atom. The maximum absolute atomic E-state index is 12.2. The number of hydrogen-bond acceptors (Lipinski definition) is 5. The molecule has 5 nitrogen and oxygen atoms in total. The van der Waals surface area contributed by atoms with Crippen LogP contribution in [-0.2, 0) is 14.6 Å². The zero-order valence-corrected chi connectivity index (χ0v) is 15.5. The molecule has 1 saturated carbocycles. The molecule has 1 fully saturated rings. The molecule has 23 heavy (non-hydrogen) atoms. The van der Waals surface area contributed by atoms with E-state index < -0.39 is 9.84 Å². The zero-order valence-electron chi connectivity index (χ0n) is 13.8. The topological polar surface area (TPSA) is 66.5 Å². The Bertz CT molecular complexity index is 591. The Morgan fingerprint density at radius 3 is 2.65 bits per heavy atom. The lowest BCUT2D eigenvalue weighted by Gasteiger charge is -2.24. The summed E-state index contributed by atoms with van der Waals surface area (Å²) in [6, 6.07) is 2.16. The van der Waals surface area contributed by atoms with E-state index in [0.717, 1.165) is 25.7 Å². The van der Waals surface area contributed by atoms with Gasteiger partial charge in [-0.25, -0.2) is 8.42 Å². The number of nitrogens with one attached hydrogen (secondary N) is 1. The molecule has 1 amide bonds. The van der Waals surface area contributed by atoms with E-state index in [1.807, 2.05) is 25.5 Å². The highest BCUT2D eigenvalue weighted by Crippen LogP contribution is 2.25. The second-order valence-electron chi connectivity index (χ2n) is 6.36. The lowest BCUT2D eigenvalue weighted by atomic mass is 10.1. The van der Waals surface area contributed by atoms with Crippen molar-refractivity contribution in [3.8, 4) is 0 Å². The monoisotopic (exact) mass is 358 g/mol. The molecule has 2 rings (SSSR count). The summed E-state index contributed by atoms with van der Waals surface area (Å²) in [5, 5.41) is 6.74. The van der Waals surface area contributed by atoms with Crippen LogP contribution in [0.1, 0.15) is 43.7 Å². The second kappa shape index (κ2) is 8.26. The summed E-state index contributed by atoms with van der Waals surface area (Å²) < 4.78 is 24.4. The number of carbonyl (C=O) groups is 1. The summed E-state index contributed by atoms with van der Waals surface area (Å²) in [5.41, 5.74) is 1.17. The first kappa shape index (κ1) is 18.4. The predicted octanol–water partition coefficient (Wildman–Crippen LogP) is 2.21. The van der Waals surface area contributed by atoms with Crippen LogP contribution in [0.5, 0.6) is 0 Å². The quantitative estimate of drug-likeness (QED) is 0.774. The van der Waals surface area contributed by atoms with E-state index in [-0.39, 0.29) is 29.4 Å². The first-order valence-electron chi connectivity index (χ1n) is 8.07. The van der Waals surface area contributed by atoms with Crippen molar-refractivity contribution in [3.05, 3.63) is 22.4 Å². The lowest BCUT2D eigenvalue weighted by molar-refractivity contribution is -0.120. The van der Waals surface area contributed by atoms with Gasteiger partial charge in [-0.15, -0.1) is 0 Å². The fraction of sp³-hybridized carbons (Fsp3) is 0.688. The lowest BCUT2D eigenvalue weighted by Crippen LogP contribution is -2.35. The minimum atomic E-state index is -3.12. The molecule has 130 valence electrons. The van der Waals surface area contributed by atoms with Crippen molar-refractivity contribution in [3.63, 3.8) is 0 Å². The van der Waals surface area contributed by atoms with Gasteiger partial charge in [-0.3, -0.25) is 4.79 Å². The van der Waals surface area contributed by atoms with Gasteiger partial charge in [0, 0.05) is 13.0 Å². The highest BCUT2D eigenvalue weighted by atomic mass is 32.2. The number of sulfone groups is 1. The molecule has 1 aromatic rings. The van der Waals surface area contributed by atoms with Crippen molar-refractivity contribution in [2.45, 2.75) is 43.4 Å². The third-order valence-corrected chi connectivity index (χ3v) is 7.43. The van der Waals surface area contributed by atoms with Gasteiger partial charge in [0.25, 0.3) is 0 Å². The van der Waals surface area contributed by atoms with Crippen molar-refractivity contribution in [2.24, 2.45) is 0 Å². The fourth-order valence-electron chi connectivity index (χ4n) is 3.01. The van der Waals surface area contributed by atoms with Crippen molar-refractivity contribution < 1.29 is 13.2 Å². The van der Waals surface area contributed by atoms with Crippen LogP contribution in [0.2, 0.25) is 0 Å². The molecular weight excluding hydrogens is 332 g/mol. The van der Waals surface area contributed by atoms with E-state index >= 15 is 0 Å². The van der Waals surface area contributed by atoms with Crippen LogP contribution in [0.4, 0.5) is 0 Å². The fourth-order valence-corrected chi connectivity index (χ4v) is 5.57. The van der Waals surface area contributed by atoms with Gasteiger partial charge in [-0.1, -0.05) is 12.8 Å². The van der Waals surface area contributed by atoms with Crippen molar-refractivity contribution >= 4 is 27.1 Å². The third kappa shape index (κ3) is 5.29. The Labute approximate surface area is 143 Å². The summed E-state index contributed by atoms with van der Waals surface area (Å²) in [6.07, 6.45) is 3.54. The summed E-state index contributed by atoms with van der Waals surface area (Å²) in [4.78, 5) is 14.1. The number of amides is 1. The van der Waals surface area contributed by atoms with Gasteiger partial charge in [0.05, 0.1) is 17.0 Å². The molecule has 7 heteroatoms. The number of rotatable bonds is 8. The van der Waals surface area contributed by atoms with Crippen LogP contribution in [0, 0.1) is 0 Å². The summed E-state index contributed by atoms with van der Waals surface area (Å²) in [6.45, 7) is 0.492. The number of nitrogens with zero attached hydrogens (tertiary/aromatic N) is 1. The van der Waals surface area contributed by atoms with Gasteiger partial charge in [0.15, 0.2) is 9.84 Å². The smallest absolute Gasteiger partial charge is 0.221 e. The maximum Gasteiger partial charge on any atom is 0.221 e. The van der Waals surface area contributed by atoms with Gasteiger partial charge in [0.1, 0.15) is 0 Å². The van der Waals surface area contributed by atoms with Crippen LogP contribution >= 0.6 is 11.3 Å². The molecule has 0 aliphatic heterocycles. The molecule has 0 aromatic carbocycles. The Kier molecular flexibility index (Phi) is 6.61. The number of hydrogen-bond donors (Lipinski definition) is 1. The molecule has 0 spiro atoms. The van der Waals surface area contributed by atoms with Crippen LogP contribution in [0.15, 0.2) is 16.8 Å². The van der Waals surface area contributed by atoms with Crippen molar-refractivity contribution in [1.29, 1.82) is 0 Å². The average molecular weight is 359 g/mol. The maximum atomic E-state index is 12.2. The molecule has 1 aromatic heterocycles. The second-order valence-corrected chi connectivity index (χ2v) is 9.54. The highest BCUT2D eigenvalue weighted by Gasteiger charge is 2.29. The summed E-state index contributed by atoms with van der Waals surface area (Å²) >= 11 is 1.63. The molecule has 0 saturated heterocycles. The summed E-state index contributed by atoms with van der Waals surface area (Å²) in [5.74, 6) is -0.220. The Balaban J connectivity index is 1.80. The highest BCUT2D eigenvalue weighted by molar-refractivity contribution is 7.92. The van der Waals surface area contributed by atoms with E-state index in [0.29, 0.717) is 6.54 Å². The molecule has 1 unspecified atom stereocenters. The number of thiophene rings is 1. The summed E-state index contributed by atoms with van der Waals surface area (Å²) in [7, 11) is 0.820. The van der Waals surface area contributed by atoms with Crippen molar-refractivity contribution in [2.75, 3.05) is 26.4 Å². The minimum Gasteiger partial charge on any atom is -0.354 e. The standard InChI is InChI=1S/C16H26N2O3S2/c1-18(2)15(13-7-9-22-12-13)11-17-16(19)8-10-23(20,21)14-5-3-4-6-14/h7,9,12,14-15H,3-6,8,10-11H2,1-2H3,(H,17,19). The van der Waals surface area contributed by atoms with E-state index in [9.17, 15) is 13.2 Å². The van der Waals surface area contributed by atoms with Crippen LogP contribution in [0.3, 0.4) is 0 Å². The molecule has 0 radical (unpaired) electrons. The third-order valence-electron chi connectivity index (χ3n) is 4.47. The molecule has 1 aliphatic carbocycles. The number of carbonyl (C=O) groups excluding carboxylic acids is 1. The average Bonchev–Trinajstić information content (AvgIpc) is 3.18. The molecule has 0 bridgehead atoms. The molecular formula is C16H26N2O3S2. The van der Waals surface area contributed by atoms with Crippen LogP contribution in [-0.4, -0.2) is 50.9 Å². The van der Waals surface area contributed by atoms with Gasteiger partial charge < -0.3 is 10.2 Å². The van der Waals surface area contributed by atoms with Crippen molar-refractivity contribution in [1.82, 2.24) is 10.2 Å². The van der Waals surface area contributed by atoms with Gasteiger partial charge in [-0.05, 0) is 49.3 Å². The van der Waals surface area contributed by atoms with E-state index in [1.54, 1.807) is 11.3 Å². The molecule has 1 N–H and O–H groups in total. The van der Waals surface area contributed by atoms with E-state index in [1.165, 1.54) is 5.56 Å². The Hall–Kier alpha value is -0.920. The van der Waals surface area contributed by atoms with Gasteiger partial charge >= 0.3 is 0 Å². The first-order valence-corrected chi connectivity index (χ1v) is 10.7.